The van der Waals surface area contributed by atoms with Gasteiger partial charge in [-0.2, -0.15) is 13.2 Å². The molecule has 0 radical (unpaired) electrons. The van der Waals surface area contributed by atoms with E-state index < -0.39 is 37.2 Å². The fourth-order valence-electron chi connectivity index (χ4n) is 1.87. The van der Waals surface area contributed by atoms with Crippen LogP contribution in [0.2, 0.25) is 0 Å². The molecule has 27 heavy (non-hydrogen) atoms. The molecule has 1 N–H and O–H groups in total. The molecule has 1 aromatic carbocycles. The third kappa shape index (κ3) is 7.19. The van der Waals surface area contributed by atoms with Gasteiger partial charge in [0.25, 0.3) is 11.8 Å². The van der Waals surface area contributed by atoms with Crippen molar-refractivity contribution in [1.29, 1.82) is 0 Å². The Kier molecular flexibility index (Phi) is 7.08. The summed E-state index contributed by atoms with van der Waals surface area (Å²) in [5.41, 5.74) is 0.544. The van der Waals surface area contributed by atoms with Crippen molar-refractivity contribution in [3.05, 3.63) is 57.8 Å². The molecular formula is C17H14F3NO5S. The summed E-state index contributed by atoms with van der Waals surface area (Å²) in [6, 6.07) is 8.69. The number of nitrogens with one attached hydrogen (secondary N) is 1. The van der Waals surface area contributed by atoms with Crippen molar-refractivity contribution in [3.8, 4) is 0 Å². The van der Waals surface area contributed by atoms with E-state index in [1.165, 1.54) is 24.3 Å². The van der Waals surface area contributed by atoms with Gasteiger partial charge in [0.15, 0.2) is 6.61 Å². The molecule has 0 unspecified atom stereocenters. The number of hydrogen-bond donors (Lipinski definition) is 1. The van der Waals surface area contributed by atoms with Crippen molar-refractivity contribution in [2.75, 3.05) is 13.2 Å². The number of ether oxygens (including phenoxy) is 2. The molecule has 0 spiro atoms. The van der Waals surface area contributed by atoms with Crippen LogP contribution in [0, 0.1) is 0 Å². The number of benzene rings is 1. The van der Waals surface area contributed by atoms with Crippen LogP contribution in [-0.2, 0) is 20.9 Å². The van der Waals surface area contributed by atoms with Gasteiger partial charge in [-0.05, 0) is 29.1 Å². The Labute approximate surface area is 155 Å². The molecule has 0 aliphatic carbocycles. The highest BCUT2D eigenvalue weighted by molar-refractivity contribution is 7.12. The van der Waals surface area contributed by atoms with Crippen LogP contribution >= 0.6 is 11.3 Å². The van der Waals surface area contributed by atoms with E-state index in [1.807, 2.05) is 0 Å². The largest absolute Gasteiger partial charge is 0.452 e. The first-order chi connectivity index (χ1) is 12.7. The average Bonchev–Trinajstić information content (AvgIpc) is 3.14. The summed E-state index contributed by atoms with van der Waals surface area (Å²) in [5.74, 6) is -2.18. The molecule has 1 aromatic heterocycles. The van der Waals surface area contributed by atoms with Crippen molar-refractivity contribution in [2.24, 2.45) is 0 Å². The number of esters is 1. The molecule has 0 aliphatic rings. The van der Waals surface area contributed by atoms with Crippen LogP contribution in [-0.4, -0.2) is 37.2 Å². The van der Waals surface area contributed by atoms with Crippen LogP contribution in [0.4, 0.5) is 13.2 Å². The summed E-state index contributed by atoms with van der Waals surface area (Å²) in [6.07, 6.45) is -4.41. The lowest BCUT2D eigenvalue weighted by Gasteiger charge is -2.08. The molecule has 0 saturated heterocycles. The van der Waals surface area contributed by atoms with Crippen molar-refractivity contribution in [1.82, 2.24) is 5.32 Å². The molecule has 2 aromatic rings. The topological polar surface area (TPSA) is 81.7 Å². The maximum absolute atomic E-state index is 12.0. The van der Waals surface area contributed by atoms with E-state index >= 15 is 0 Å². The maximum atomic E-state index is 12.0. The Hall–Kier alpha value is -2.72. The second kappa shape index (κ2) is 9.28. The van der Waals surface area contributed by atoms with Gasteiger partial charge >= 0.3 is 12.1 Å². The lowest BCUT2D eigenvalue weighted by Crippen LogP contribution is -2.33. The molecule has 0 bridgehead atoms. The molecule has 0 fully saturated rings. The van der Waals surface area contributed by atoms with Gasteiger partial charge < -0.3 is 9.47 Å². The molecule has 6 nitrogen and oxygen atoms in total. The van der Waals surface area contributed by atoms with Crippen molar-refractivity contribution < 1.29 is 37.0 Å². The van der Waals surface area contributed by atoms with E-state index in [2.05, 4.69) is 10.1 Å². The van der Waals surface area contributed by atoms with Crippen LogP contribution in [0.1, 0.15) is 25.6 Å². The fraction of sp³-hybridized carbons (Fsp3) is 0.235. The van der Waals surface area contributed by atoms with Gasteiger partial charge in [-0.25, -0.2) is 4.79 Å². The first-order valence-corrected chi connectivity index (χ1v) is 8.41. The Morgan fingerprint density at radius 2 is 1.78 bits per heavy atom. The molecule has 2 amide bonds. The van der Waals surface area contributed by atoms with Gasteiger partial charge in [-0.1, -0.05) is 18.2 Å². The monoisotopic (exact) mass is 401 g/mol. The Morgan fingerprint density at radius 3 is 2.37 bits per heavy atom. The maximum Gasteiger partial charge on any atom is 0.411 e. The molecule has 0 aliphatic heterocycles. The Balaban J connectivity index is 1.76. The summed E-state index contributed by atoms with van der Waals surface area (Å²) in [7, 11) is 0. The standard InChI is InChI=1S/C17H14F3NO5S/c18-17(19,20)10-25-8-11-3-5-12(6-4-11)16(24)26-9-14(22)21-15(23)13-2-1-7-27-13/h1-7H,8-10H2,(H,21,22,23). The third-order valence-corrected chi connectivity index (χ3v) is 3.92. The van der Waals surface area contributed by atoms with Crippen LogP contribution in [0.3, 0.4) is 0 Å². The highest BCUT2D eigenvalue weighted by atomic mass is 32.1. The highest BCUT2D eigenvalue weighted by Gasteiger charge is 2.27. The van der Waals surface area contributed by atoms with E-state index in [1.54, 1.807) is 17.5 Å². The van der Waals surface area contributed by atoms with Gasteiger partial charge in [0.2, 0.25) is 0 Å². The minimum Gasteiger partial charge on any atom is -0.452 e. The number of halogens is 3. The first-order valence-electron chi connectivity index (χ1n) is 7.53. The summed E-state index contributed by atoms with van der Waals surface area (Å²) in [6.45, 7) is -2.27. The van der Waals surface area contributed by atoms with E-state index in [9.17, 15) is 27.6 Å². The number of rotatable bonds is 7. The molecular weight excluding hydrogens is 387 g/mol. The van der Waals surface area contributed by atoms with Gasteiger partial charge in [0.1, 0.15) is 6.61 Å². The number of carbonyl (C=O) groups is 3. The zero-order chi connectivity index (χ0) is 19.9. The van der Waals surface area contributed by atoms with Crippen LogP contribution < -0.4 is 5.32 Å². The van der Waals surface area contributed by atoms with E-state index in [4.69, 9.17) is 4.74 Å². The SMILES string of the molecule is O=C(COC(=O)c1ccc(COCC(F)(F)F)cc1)NC(=O)c1cccs1. The van der Waals surface area contributed by atoms with E-state index in [0.29, 0.717) is 10.4 Å². The van der Waals surface area contributed by atoms with Gasteiger partial charge in [-0.15, -0.1) is 11.3 Å². The van der Waals surface area contributed by atoms with Gasteiger partial charge in [0.05, 0.1) is 17.0 Å². The second-order valence-corrected chi connectivity index (χ2v) is 6.18. The van der Waals surface area contributed by atoms with Crippen molar-refractivity contribution in [2.45, 2.75) is 12.8 Å². The quantitative estimate of drug-likeness (QED) is 0.722. The molecule has 1 heterocycles. The molecule has 0 saturated carbocycles. The normalized spacial score (nSPS) is 11.1. The van der Waals surface area contributed by atoms with Crippen LogP contribution in [0.25, 0.3) is 0 Å². The highest BCUT2D eigenvalue weighted by Crippen LogP contribution is 2.16. The smallest absolute Gasteiger partial charge is 0.411 e. The number of thiophene rings is 1. The van der Waals surface area contributed by atoms with Gasteiger partial charge in [0, 0.05) is 0 Å². The lowest BCUT2D eigenvalue weighted by molar-refractivity contribution is -0.176. The first kappa shape index (κ1) is 20.6. The summed E-state index contributed by atoms with van der Waals surface area (Å²) in [4.78, 5) is 35.5. The number of alkyl halides is 3. The lowest BCUT2D eigenvalue weighted by atomic mass is 10.1. The molecule has 144 valence electrons. The van der Waals surface area contributed by atoms with Crippen LogP contribution in [0.5, 0.6) is 0 Å². The minimum absolute atomic E-state index is 0.104. The van der Waals surface area contributed by atoms with E-state index in [-0.39, 0.29) is 12.2 Å². The summed E-state index contributed by atoms with van der Waals surface area (Å²) in [5, 5.41) is 3.76. The number of carbonyl (C=O) groups excluding carboxylic acids is 3. The molecule has 0 atom stereocenters. The number of hydrogen-bond acceptors (Lipinski definition) is 6. The minimum atomic E-state index is -4.41. The van der Waals surface area contributed by atoms with Gasteiger partial charge in [-0.3, -0.25) is 14.9 Å². The summed E-state index contributed by atoms with van der Waals surface area (Å²) >= 11 is 1.16. The predicted molar refractivity (Wildman–Crippen MR) is 89.2 cm³/mol. The zero-order valence-corrected chi connectivity index (χ0v) is 14.6. The third-order valence-electron chi connectivity index (χ3n) is 3.06. The molecule has 10 heteroatoms. The van der Waals surface area contributed by atoms with Crippen molar-refractivity contribution >= 4 is 29.1 Å². The Bertz CT molecular complexity index is 788. The second-order valence-electron chi connectivity index (χ2n) is 5.24. The molecule has 2 rings (SSSR count). The zero-order valence-electron chi connectivity index (χ0n) is 13.7. The summed E-state index contributed by atoms with van der Waals surface area (Å²) < 4.78 is 45.3. The number of amides is 2. The number of imide groups is 1. The predicted octanol–water partition coefficient (Wildman–Crippen LogP) is 2.94. The van der Waals surface area contributed by atoms with Crippen LogP contribution in [0.15, 0.2) is 41.8 Å². The average molecular weight is 401 g/mol. The Morgan fingerprint density at radius 1 is 1.07 bits per heavy atom. The fourth-order valence-corrected chi connectivity index (χ4v) is 2.49. The van der Waals surface area contributed by atoms with E-state index in [0.717, 1.165) is 11.3 Å². The van der Waals surface area contributed by atoms with Crippen molar-refractivity contribution in [3.63, 3.8) is 0 Å².